The van der Waals surface area contributed by atoms with Crippen LogP contribution in [0.15, 0.2) is 33.0 Å². The van der Waals surface area contributed by atoms with Crippen LogP contribution in [0, 0.1) is 0 Å². The zero-order valence-electron chi connectivity index (χ0n) is 9.00. The average molecular weight is 256 g/mol. The van der Waals surface area contributed by atoms with Crippen LogP contribution >= 0.6 is 11.6 Å². The van der Waals surface area contributed by atoms with E-state index in [1.54, 1.807) is 6.92 Å². The van der Waals surface area contributed by atoms with Crippen LogP contribution in [-0.4, -0.2) is 41.0 Å². The Balaban J connectivity index is 2.28. The van der Waals surface area contributed by atoms with E-state index in [1.165, 1.54) is 23.5 Å². The van der Waals surface area contributed by atoms with Gasteiger partial charge in [0.25, 0.3) is 0 Å². The summed E-state index contributed by atoms with van der Waals surface area (Å²) in [6.07, 6.45) is 2.92. The quantitative estimate of drug-likeness (QED) is 0.733. The van der Waals surface area contributed by atoms with Crippen LogP contribution in [0.1, 0.15) is 6.92 Å². The van der Waals surface area contributed by atoms with E-state index in [9.17, 15) is 9.90 Å². The third kappa shape index (κ3) is 2.22. The summed E-state index contributed by atoms with van der Waals surface area (Å²) in [5.74, 6) is -0.336. The zero-order valence-corrected chi connectivity index (χ0v) is 9.76. The number of guanidine groups is 1. The number of allylic oxidation sites excluding steroid dienone is 1. The van der Waals surface area contributed by atoms with Gasteiger partial charge >= 0.3 is 5.97 Å². The lowest BCUT2D eigenvalue weighted by Gasteiger charge is -2.30. The van der Waals surface area contributed by atoms with Gasteiger partial charge in [-0.1, -0.05) is 11.6 Å². The van der Waals surface area contributed by atoms with Crippen LogP contribution in [-0.2, 0) is 9.53 Å². The maximum absolute atomic E-state index is 11.5. The second-order valence-corrected chi connectivity index (χ2v) is 3.72. The van der Waals surface area contributed by atoms with Gasteiger partial charge in [-0.05, 0) is 6.92 Å². The molecule has 2 aliphatic heterocycles. The van der Waals surface area contributed by atoms with Gasteiger partial charge in [0.2, 0.25) is 5.96 Å². The summed E-state index contributed by atoms with van der Waals surface area (Å²) in [6, 6.07) is 0. The van der Waals surface area contributed by atoms with E-state index < -0.39 is 12.2 Å². The van der Waals surface area contributed by atoms with Crippen molar-refractivity contribution in [3.63, 3.8) is 0 Å². The van der Waals surface area contributed by atoms with Crippen molar-refractivity contribution in [3.05, 3.63) is 23.0 Å². The Labute approximate surface area is 103 Å². The molecule has 0 aromatic heterocycles. The van der Waals surface area contributed by atoms with Gasteiger partial charge in [-0.25, -0.2) is 14.8 Å². The summed E-state index contributed by atoms with van der Waals surface area (Å²) >= 11 is 5.76. The van der Waals surface area contributed by atoms with Gasteiger partial charge in [0.05, 0.1) is 17.9 Å². The maximum Gasteiger partial charge on any atom is 0.340 e. The summed E-state index contributed by atoms with van der Waals surface area (Å²) in [5, 5.41) is 10.3. The van der Waals surface area contributed by atoms with E-state index in [0.717, 1.165) is 0 Å². The number of carbonyl (C=O) groups excluding carboxylic acids is 1. The molecule has 0 saturated carbocycles. The number of carbonyl (C=O) groups is 1. The van der Waals surface area contributed by atoms with E-state index in [-0.39, 0.29) is 18.1 Å². The van der Waals surface area contributed by atoms with Gasteiger partial charge in [0.15, 0.2) is 6.23 Å². The van der Waals surface area contributed by atoms with Crippen molar-refractivity contribution in [3.8, 4) is 0 Å². The van der Waals surface area contributed by atoms with Crippen LogP contribution in [0.3, 0.4) is 0 Å². The Hall–Kier alpha value is -1.66. The van der Waals surface area contributed by atoms with E-state index in [1.807, 2.05) is 0 Å². The van der Waals surface area contributed by atoms with Gasteiger partial charge in [-0.3, -0.25) is 4.90 Å². The first-order valence-corrected chi connectivity index (χ1v) is 5.34. The topological polar surface area (TPSA) is 74.5 Å². The van der Waals surface area contributed by atoms with Crippen molar-refractivity contribution in [2.24, 2.45) is 9.98 Å². The van der Waals surface area contributed by atoms with Crippen LogP contribution in [0.2, 0.25) is 0 Å². The Morgan fingerprint density at radius 1 is 1.71 bits per heavy atom. The Kier molecular flexibility index (Phi) is 3.26. The fourth-order valence-corrected chi connectivity index (χ4v) is 1.56. The molecular formula is C10H10ClN3O3. The summed E-state index contributed by atoms with van der Waals surface area (Å²) in [5.41, 5.74) is 0.0495. The molecule has 17 heavy (non-hydrogen) atoms. The van der Waals surface area contributed by atoms with Crippen LogP contribution in [0.25, 0.3) is 0 Å². The number of halogens is 1. The minimum atomic E-state index is -1.19. The standard InChI is InChI=1S/C10H10ClN3O3/c1-2-17-9(16)7-4-13-10-12-3-6(11)5-14(10)8(7)15/h3-5,8,15H,2H2,1H3/t8-/m1/s1. The highest BCUT2D eigenvalue weighted by Crippen LogP contribution is 2.21. The predicted molar refractivity (Wildman–Crippen MR) is 62.4 cm³/mol. The Bertz CT molecular complexity index is 467. The molecule has 2 aliphatic rings. The van der Waals surface area contributed by atoms with Crippen molar-refractivity contribution in [1.82, 2.24) is 4.90 Å². The number of hydrogen-bond donors (Lipinski definition) is 1. The third-order valence-corrected chi connectivity index (χ3v) is 2.36. The summed E-state index contributed by atoms with van der Waals surface area (Å²) < 4.78 is 4.80. The fraction of sp³-hybridized carbons (Fsp3) is 0.300. The van der Waals surface area contributed by atoms with Gasteiger partial charge in [0, 0.05) is 12.4 Å². The zero-order chi connectivity index (χ0) is 12.4. The van der Waals surface area contributed by atoms with E-state index in [2.05, 4.69) is 9.98 Å². The molecule has 0 bridgehead atoms. The molecule has 0 saturated heterocycles. The smallest absolute Gasteiger partial charge is 0.340 e. The van der Waals surface area contributed by atoms with Crippen LogP contribution < -0.4 is 0 Å². The number of aliphatic hydroxyl groups excluding tert-OH is 1. The molecule has 7 heteroatoms. The highest BCUT2D eigenvalue weighted by atomic mass is 35.5. The second kappa shape index (κ2) is 4.68. The lowest BCUT2D eigenvalue weighted by atomic mass is 10.2. The average Bonchev–Trinajstić information content (AvgIpc) is 2.30. The number of nitrogens with zero attached hydrogens (tertiary/aromatic N) is 3. The van der Waals surface area contributed by atoms with Gasteiger partial charge in [0.1, 0.15) is 5.57 Å². The summed E-state index contributed by atoms with van der Waals surface area (Å²) in [7, 11) is 0. The second-order valence-electron chi connectivity index (χ2n) is 3.29. The molecular weight excluding hydrogens is 246 g/mol. The molecule has 0 aliphatic carbocycles. The number of aliphatic hydroxyl groups is 1. The molecule has 0 fully saturated rings. The lowest BCUT2D eigenvalue weighted by Crippen LogP contribution is -2.42. The first-order chi connectivity index (χ1) is 8.13. The molecule has 0 radical (unpaired) electrons. The van der Waals surface area contributed by atoms with Crippen molar-refractivity contribution in [2.45, 2.75) is 13.2 Å². The number of fused-ring (bicyclic) bond motifs is 1. The van der Waals surface area contributed by atoms with Crippen LogP contribution in [0.4, 0.5) is 0 Å². The number of hydrogen-bond acceptors (Lipinski definition) is 6. The first kappa shape index (κ1) is 11.8. The highest BCUT2D eigenvalue weighted by molar-refractivity contribution is 6.40. The Morgan fingerprint density at radius 3 is 3.18 bits per heavy atom. The highest BCUT2D eigenvalue weighted by Gasteiger charge is 2.31. The number of ether oxygens (including phenoxy) is 1. The minimum absolute atomic E-state index is 0.0495. The SMILES string of the molecule is CCOC(=O)C1=CN=C2N=CC(Cl)=CN2[C@@H]1O. The van der Waals surface area contributed by atoms with Crippen molar-refractivity contribution in [2.75, 3.05) is 6.61 Å². The van der Waals surface area contributed by atoms with E-state index in [4.69, 9.17) is 16.3 Å². The molecule has 2 heterocycles. The number of esters is 1. The number of rotatable bonds is 2. The third-order valence-electron chi connectivity index (χ3n) is 2.17. The minimum Gasteiger partial charge on any atom is -0.462 e. The molecule has 0 aromatic rings. The largest absolute Gasteiger partial charge is 0.462 e. The van der Waals surface area contributed by atoms with Crippen molar-refractivity contribution >= 4 is 29.7 Å². The van der Waals surface area contributed by atoms with Gasteiger partial charge in [-0.2, -0.15) is 0 Å². The molecule has 90 valence electrons. The molecule has 0 spiro atoms. The molecule has 6 nitrogen and oxygen atoms in total. The first-order valence-electron chi connectivity index (χ1n) is 4.96. The molecule has 2 rings (SSSR count). The normalized spacial score (nSPS) is 22.4. The van der Waals surface area contributed by atoms with Gasteiger partial charge < -0.3 is 9.84 Å². The molecule has 1 N–H and O–H groups in total. The van der Waals surface area contributed by atoms with Crippen LogP contribution in [0.5, 0.6) is 0 Å². The molecule has 1 atom stereocenters. The van der Waals surface area contributed by atoms with E-state index in [0.29, 0.717) is 5.03 Å². The van der Waals surface area contributed by atoms with Crippen molar-refractivity contribution < 1.29 is 14.6 Å². The number of aliphatic imine (C=N–C) groups is 2. The summed E-state index contributed by atoms with van der Waals surface area (Å²) in [4.78, 5) is 20.7. The lowest BCUT2D eigenvalue weighted by molar-refractivity contribution is -0.140. The van der Waals surface area contributed by atoms with Crippen molar-refractivity contribution in [1.29, 1.82) is 0 Å². The molecule has 0 unspecified atom stereocenters. The van der Waals surface area contributed by atoms with E-state index >= 15 is 0 Å². The molecule has 0 aromatic carbocycles. The Morgan fingerprint density at radius 2 is 2.47 bits per heavy atom. The fourth-order valence-electron chi connectivity index (χ4n) is 1.41. The molecule has 0 amide bonds. The predicted octanol–water partition coefficient (Wildman–Crippen LogP) is 0.588. The summed E-state index contributed by atoms with van der Waals surface area (Å²) in [6.45, 7) is 1.92. The monoisotopic (exact) mass is 255 g/mol. The maximum atomic E-state index is 11.5. The van der Waals surface area contributed by atoms with Gasteiger partial charge in [-0.15, -0.1) is 0 Å².